The summed E-state index contributed by atoms with van der Waals surface area (Å²) < 4.78 is 2.06. The molecular formula is C14H15N3OS2. The van der Waals surface area contributed by atoms with Crippen LogP contribution in [0.1, 0.15) is 29.4 Å². The van der Waals surface area contributed by atoms with Gasteiger partial charge in [-0.25, -0.2) is 4.98 Å². The number of thiazole rings is 1. The summed E-state index contributed by atoms with van der Waals surface area (Å²) in [6.07, 6.45) is 4.36. The lowest BCUT2D eigenvalue weighted by molar-refractivity contribution is 0.0688. The Morgan fingerprint density at radius 2 is 2.40 bits per heavy atom. The number of likely N-dealkylation sites (tertiary alicyclic amines) is 1. The summed E-state index contributed by atoms with van der Waals surface area (Å²) in [6.45, 7) is 3.99. The van der Waals surface area contributed by atoms with Gasteiger partial charge in [-0.05, 0) is 24.8 Å². The van der Waals surface area contributed by atoms with E-state index in [2.05, 4.69) is 16.3 Å². The van der Waals surface area contributed by atoms with E-state index in [9.17, 15) is 4.79 Å². The second-order valence-corrected chi connectivity index (χ2v) is 7.37. The van der Waals surface area contributed by atoms with Crippen molar-refractivity contribution in [1.29, 1.82) is 0 Å². The molecule has 3 aromatic rings. The quantitative estimate of drug-likeness (QED) is 0.690. The van der Waals surface area contributed by atoms with E-state index in [4.69, 9.17) is 0 Å². The van der Waals surface area contributed by atoms with Crippen molar-refractivity contribution in [2.24, 2.45) is 5.92 Å². The molecule has 4 heterocycles. The van der Waals surface area contributed by atoms with Gasteiger partial charge in [0.2, 0.25) is 0 Å². The molecule has 0 radical (unpaired) electrons. The molecule has 1 fully saturated rings. The van der Waals surface area contributed by atoms with Crippen LogP contribution in [0.5, 0.6) is 0 Å². The van der Waals surface area contributed by atoms with E-state index in [1.54, 1.807) is 11.3 Å². The van der Waals surface area contributed by atoms with Crippen LogP contribution in [0.2, 0.25) is 0 Å². The highest BCUT2D eigenvalue weighted by atomic mass is 32.1. The maximum Gasteiger partial charge on any atom is 0.264 e. The number of carbonyl (C=O) groups is 1. The normalized spacial score (nSPS) is 20.1. The molecule has 0 spiro atoms. The van der Waals surface area contributed by atoms with Gasteiger partial charge in [0.05, 0.1) is 10.4 Å². The van der Waals surface area contributed by atoms with Gasteiger partial charge in [-0.1, -0.05) is 6.92 Å². The minimum atomic E-state index is 0.170. The molecule has 1 atom stereocenters. The molecule has 1 aliphatic heterocycles. The van der Waals surface area contributed by atoms with E-state index in [1.165, 1.54) is 17.8 Å². The molecule has 20 heavy (non-hydrogen) atoms. The summed E-state index contributed by atoms with van der Waals surface area (Å²) in [6, 6.07) is 1.99. The monoisotopic (exact) mass is 305 g/mol. The molecule has 0 saturated carbocycles. The summed E-state index contributed by atoms with van der Waals surface area (Å²) in [5, 5.41) is 2.02. The predicted octanol–water partition coefficient (Wildman–Crippen LogP) is 3.48. The molecule has 6 heteroatoms. The van der Waals surface area contributed by atoms with Gasteiger partial charge in [0.25, 0.3) is 5.91 Å². The number of fused-ring (bicyclic) bond motifs is 3. The van der Waals surface area contributed by atoms with Crippen molar-refractivity contribution in [2.75, 3.05) is 13.1 Å². The predicted molar refractivity (Wildman–Crippen MR) is 82.8 cm³/mol. The Bertz CT molecular complexity index is 785. The molecular weight excluding hydrogens is 290 g/mol. The SMILES string of the molecule is C[C@@H]1CCCN(C(=O)c2cc3c(nc4sccn43)s2)C1. The van der Waals surface area contributed by atoms with Crippen molar-refractivity contribution in [1.82, 2.24) is 14.3 Å². The van der Waals surface area contributed by atoms with E-state index in [0.717, 1.165) is 39.7 Å². The fourth-order valence-electron chi connectivity index (χ4n) is 2.88. The fourth-order valence-corrected chi connectivity index (χ4v) is 4.65. The maximum atomic E-state index is 12.6. The molecule has 0 N–H and O–H groups in total. The topological polar surface area (TPSA) is 37.6 Å². The van der Waals surface area contributed by atoms with Gasteiger partial charge in [0, 0.05) is 24.7 Å². The Hall–Kier alpha value is -1.40. The number of thiophene rings is 1. The second kappa shape index (κ2) is 4.56. The first-order valence-corrected chi connectivity index (χ1v) is 8.56. The van der Waals surface area contributed by atoms with Crippen molar-refractivity contribution < 1.29 is 4.79 Å². The zero-order chi connectivity index (χ0) is 13.7. The Morgan fingerprint density at radius 3 is 3.25 bits per heavy atom. The van der Waals surface area contributed by atoms with E-state index >= 15 is 0 Å². The number of amides is 1. The molecule has 0 unspecified atom stereocenters. The average molecular weight is 305 g/mol. The first-order chi connectivity index (χ1) is 9.72. The van der Waals surface area contributed by atoms with Crippen LogP contribution in [-0.4, -0.2) is 33.3 Å². The van der Waals surface area contributed by atoms with Crippen LogP contribution in [0.15, 0.2) is 17.6 Å². The van der Waals surface area contributed by atoms with E-state index in [-0.39, 0.29) is 5.91 Å². The van der Waals surface area contributed by atoms with Crippen LogP contribution in [0.4, 0.5) is 0 Å². The standard InChI is InChI=1S/C14H15N3OS2/c1-9-3-2-4-16(8-9)13(18)11-7-10-12(20-11)15-14-17(10)5-6-19-14/h5-7,9H,2-4,8H2,1H3/t9-/m1/s1. The van der Waals surface area contributed by atoms with Gasteiger partial charge < -0.3 is 4.90 Å². The Kier molecular flexibility index (Phi) is 2.82. The summed E-state index contributed by atoms with van der Waals surface area (Å²) in [4.78, 5) is 21.9. The molecule has 104 valence electrons. The fraction of sp³-hybridized carbons (Fsp3) is 0.429. The summed E-state index contributed by atoms with van der Waals surface area (Å²) in [5.74, 6) is 0.783. The van der Waals surface area contributed by atoms with Crippen molar-refractivity contribution in [3.8, 4) is 0 Å². The first-order valence-electron chi connectivity index (χ1n) is 6.87. The highest BCUT2D eigenvalue weighted by Gasteiger charge is 2.24. The Labute approximate surface area is 124 Å². The molecule has 0 aliphatic carbocycles. The number of rotatable bonds is 1. The number of imidazole rings is 1. The zero-order valence-corrected chi connectivity index (χ0v) is 12.8. The minimum absolute atomic E-state index is 0.170. The van der Waals surface area contributed by atoms with E-state index in [0.29, 0.717) is 5.92 Å². The minimum Gasteiger partial charge on any atom is -0.338 e. The first kappa shape index (κ1) is 12.3. The maximum absolute atomic E-state index is 12.6. The lowest BCUT2D eigenvalue weighted by Gasteiger charge is -2.30. The van der Waals surface area contributed by atoms with Crippen LogP contribution >= 0.6 is 22.7 Å². The molecule has 4 rings (SSSR count). The highest BCUT2D eigenvalue weighted by molar-refractivity contribution is 7.21. The number of hydrogen-bond donors (Lipinski definition) is 0. The van der Waals surface area contributed by atoms with Crippen molar-refractivity contribution in [3.05, 3.63) is 22.5 Å². The third-order valence-electron chi connectivity index (χ3n) is 3.89. The molecule has 0 aromatic carbocycles. The Balaban J connectivity index is 1.70. The van der Waals surface area contributed by atoms with Crippen LogP contribution in [0.25, 0.3) is 15.3 Å². The van der Waals surface area contributed by atoms with E-state index in [1.807, 2.05) is 22.5 Å². The lowest BCUT2D eigenvalue weighted by atomic mass is 10.0. The molecule has 1 aliphatic rings. The third-order valence-corrected chi connectivity index (χ3v) is 5.66. The zero-order valence-electron chi connectivity index (χ0n) is 11.2. The van der Waals surface area contributed by atoms with Gasteiger partial charge in [0.1, 0.15) is 4.83 Å². The third kappa shape index (κ3) is 1.86. The van der Waals surface area contributed by atoms with Gasteiger partial charge in [0.15, 0.2) is 4.96 Å². The van der Waals surface area contributed by atoms with Crippen LogP contribution in [0.3, 0.4) is 0 Å². The van der Waals surface area contributed by atoms with Gasteiger partial charge in [-0.3, -0.25) is 9.20 Å². The number of aromatic nitrogens is 2. The molecule has 0 bridgehead atoms. The van der Waals surface area contributed by atoms with Crippen LogP contribution in [0, 0.1) is 5.92 Å². The molecule has 1 saturated heterocycles. The van der Waals surface area contributed by atoms with Gasteiger partial charge in [-0.2, -0.15) is 0 Å². The van der Waals surface area contributed by atoms with Crippen molar-refractivity contribution in [3.63, 3.8) is 0 Å². The van der Waals surface area contributed by atoms with Crippen molar-refractivity contribution >= 4 is 43.9 Å². The molecule has 3 aromatic heterocycles. The Morgan fingerprint density at radius 1 is 1.50 bits per heavy atom. The molecule has 4 nitrogen and oxygen atoms in total. The summed E-state index contributed by atoms with van der Waals surface area (Å²) in [5.41, 5.74) is 1.06. The summed E-state index contributed by atoms with van der Waals surface area (Å²) in [7, 11) is 0. The average Bonchev–Trinajstić information content (AvgIpc) is 3.08. The van der Waals surface area contributed by atoms with Crippen LogP contribution in [-0.2, 0) is 0 Å². The van der Waals surface area contributed by atoms with Crippen molar-refractivity contribution in [2.45, 2.75) is 19.8 Å². The number of hydrogen-bond acceptors (Lipinski definition) is 4. The van der Waals surface area contributed by atoms with Gasteiger partial charge in [-0.15, -0.1) is 22.7 Å². The highest BCUT2D eigenvalue weighted by Crippen LogP contribution is 2.29. The second-order valence-electron chi connectivity index (χ2n) is 5.47. The number of piperidine rings is 1. The van der Waals surface area contributed by atoms with Crippen LogP contribution < -0.4 is 0 Å². The largest absolute Gasteiger partial charge is 0.338 e. The van der Waals surface area contributed by atoms with E-state index < -0.39 is 0 Å². The lowest BCUT2D eigenvalue weighted by Crippen LogP contribution is -2.38. The smallest absolute Gasteiger partial charge is 0.264 e. The number of nitrogens with zero attached hydrogens (tertiary/aromatic N) is 3. The van der Waals surface area contributed by atoms with Gasteiger partial charge >= 0.3 is 0 Å². The molecule has 1 amide bonds. The number of carbonyl (C=O) groups excluding carboxylic acids is 1. The summed E-state index contributed by atoms with van der Waals surface area (Å²) >= 11 is 3.14.